The van der Waals surface area contributed by atoms with Gasteiger partial charge >= 0.3 is 0 Å². The van der Waals surface area contributed by atoms with E-state index in [1.165, 1.54) is 31.3 Å². The average molecular weight is 446 g/mol. The molecule has 4 rings (SSSR count). The minimum atomic E-state index is -4.56. The summed E-state index contributed by atoms with van der Waals surface area (Å²) < 4.78 is 50.3. The van der Waals surface area contributed by atoms with Gasteiger partial charge in [-0.3, -0.25) is 9.35 Å². The van der Waals surface area contributed by atoms with E-state index in [0.717, 1.165) is 11.1 Å². The Bertz CT molecular complexity index is 1180. The molecular formula is C21H22N2O7S. The Labute approximate surface area is 180 Å². The minimum Gasteiger partial charge on any atom is -0.497 e. The van der Waals surface area contributed by atoms with Gasteiger partial charge in [0.1, 0.15) is 5.75 Å². The summed E-state index contributed by atoms with van der Waals surface area (Å²) in [4.78, 5) is 14.7. The summed E-state index contributed by atoms with van der Waals surface area (Å²) in [6.45, 7) is 0. The summed E-state index contributed by atoms with van der Waals surface area (Å²) in [7, 11) is -0.128. The zero-order valence-corrected chi connectivity index (χ0v) is 18.0. The second-order valence-corrected chi connectivity index (χ2v) is 8.74. The number of carbonyl (C=O) groups excluding carboxylic acids is 1. The lowest BCUT2D eigenvalue weighted by Crippen LogP contribution is -2.46. The van der Waals surface area contributed by atoms with Gasteiger partial charge in [-0.15, -0.1) is 0 Å². The molecule has 0 bridgehead atoms. The highest BCUT2D eigenvalue weighted by Gasteiger charge is 2.45. The highest BCUT2D eigenvalue weighted by atomic mass is 32.2. The van der Waals surface area contributed by atoms with E-state index in [1.807, 2.05) is 12.1 Å². The fourth-order valence-corrected chi connectivity index (χ4v) is 4.85. The van der Waals surface area contributed by atoms with Crippen molar-refractivity contribution in [1.29, 1.82) is 0 Å². The summed E-state index contributed by atoms with van der Waals surface area (Å²) >= 11 is 0. The quantitative estimate of drug-likeness (QED) is 0.674. The molecule has 0 unspecified atom stereocenters. The van der Waals surface area contributed by atoms with Gasteiger partial charge < -0.3 is 24.4 Å². The van der Waals surface area contributed by atoms with E-state index in [2.05, 4.69) is 5.32 Å². The molecule has 0 aliphatic carbocycles. The summed E-state index contributed by atoms with van der Waals surface area (Å²) in [5.74, 6) is 0.871. The monoisotopic (exact) mass is 446 g/mol. The van der Waals surface area contributed by atoms with Crippen LogP contribution >= 0.6 is 0 Å². The van der Waals surface area contributed by atoms with Crippen LogP contribution in [0.3, 0.4) is 0 Å². The van der Waals surface area contributed by atoms with E-state index in [0.29, 0.717) is 17.2 Å². The third-order valence-corrected chi connectivity index (χ3v) is 6.55. The van der Waals surface area contributed by atoms with Crippen LogP contribution in [-0.2, 0) is 10.1 Å². The summed E-state index contributed by atoms with van der Waals surface area (Å²) in [6.07, 6.45) is 1.84. The molecule has 2 aliphatic heterocycles. The maximum absolute atomic E-state index is 13.4. The van der Waals surface area contributed by atoms with Crippen LogP contribution in [0.2, 0.25) is 0 Å². The van der Waals surface area contributed by atoms with Crippen molar-refractivity contribution in [2.45, 2.75) is 17.8 Å². The van der Waals surface area contributed by atoms with E-state index >= 15 is 0 Å². The Balaban J connectivity index is 1.84. The maximum atomic E-state index is 13.4. The Morgan fingerprint density at radius 2 is 1.77 bits per heavy atom. The fourth-order valence-electron chi connectivity index (χ4n) is 3.95. The van der Waals surface area contributed by atoms with Crippen LogP contribution in [0.25, 0.3) is 5.57 Å². The van der Waals surface area contributed by atoms with Crippen molar-refractivity contribution in [2.24, 2.45) is 0 Å². The van der Waals surface area contributed by atoms with Crippen molar-refractivity contribution < 1.29 is 32.0 Å². The van der Waals surface area contributed by atoms with Crippen LogP contribution in [0.5, 0.6) is 17.2 Å². The first-order valence-electron chi connectivity index (χ1n) is 9.43. The van der Waals surface area contributed by atoms with Gasteiger partial charge in [-0.25, -0.2) is 0 Å². The molecule has 164 valence electrons. The van der Waals surface area contributed by atoms with Gasteiger partial charge in [0, 0.05) is 12.3 Å². The summed E-state index contributed by atoms with van der Waals surface area (Å²) in [6, 6.07) is 9.38. The second-order valence-electron chi connectivity index (χ2n) is 7.20. The lowest BCUT2D eigenvalue weighted by atomic mass is 10.0. The molecule has 2 aromatic carbocycles. The van der Waals surface area contributed by atoms with E-state index in [1.54, 1.807) is 25.4 Å². The van der Waals surface area contributed by atoms with Gasteiger partial charge in [0.2, 0.25) is 0 Å². The molecule has 0 radical (unpaired) electrons. The van der Waals surface area contributed by atoms with Crippen LogP contribution in [0.15, 0.2) is 42.6 Å². The lowest BCUT2D eigenvalue weighted by Gasteiger charge is -2.26. The van der Waals surface area contributed by atoms with Crippen molar-refractivity contribution in [1.82, 2.24) is 4.90 Å². The molecule has 2 N–H and O–H groups in total. The van der Waals surface area contributed by atoms with Crippen molar-refractivity contribution in [3.05, 3.63) is 53.7 Å². The lowest BCUT2D eigenvalue weighted by molar-refractivity contribution is 0.0791. The zero-order chi connectivity index (χ0) is 22.3. The standard InChI is InChI=1S/C21H22N2O7S/c1-28-14-6-4-5-12(7-14)13-8-17-20(31(25,26)27)22-16-10-19(30-3)18(29-2)9-15(16)21(24)23(17)11-13/h4-7,9-11,17,20,22H,8H2,1-3H3,(H,25,26,27)/t17-,20-/m0/s1. The molecule has 0 spiro atoms. The minimum absolute atomic E-state index is 0.206. The third kappa shape index (κ3) is 3.68. The van der Waals surface area contributed by atoms with E-state index in [9.17, 15) is 17.8 Å². The molecule has 10 heteroatoms. The fraction of sp³-hybridized carbons (Fsp3) is 0.286. The highest BCUT2D eigenvalue weighted by molar-refractivity contribution is 7.86. The number of amides is 1. The molecule has 2 aliphatic rings. The molecule has 0 saturated carbocycles. The van der Waals surface area contributed by atoms with Crippen molar-refractivity contribution >= 4 is 27.3 Å². The zero-order valence-electron chi connectivity index (χ0n) is 17.2. The number of fused-ring (bicyclic) bond motifs is 2. The Kier molecular flexibility index (Phi) is 5.28. The molecule has 1 amide bonds. The van der Waals surface area contributed by atoms with E-state index in [4.69, 9.17) is 14.2 Å². The van der Waals surface area contributed by atoms with Gasteiger partial charge in [-0.1, -0.05) is 12.1 Å². The van der Waals surface area contributed by atoms with Crippen LogP contribution in [0.4, 0.5) is 5.69 Å². The summed E-state index contributed by atoms with van der Waals surface area (Å²) in [5, 5.41) is 1.39. The number of hydrogen-bond acceptors (Lipinski definition) is 7. The molecule has 2 aromatic rings. The van der Waals surface area contributed by atoms with Crippen molar-refractivity contribution in [2.75, 3.05) is 26.6 Å². The number of nitrogens with zero attached hydrogens (tertiary/aromatic N) is 1. The topological polar surface area (TPSA) is 114 Å². The van der Waals surface area contributed by atoms with E-state index in [-0.39, 0.29) is 17.7 Å². The number of nitrogens with one attached hydrogen (secondary N) is 1. The first kappa shape index (κ1) is 21.0. The first-order valence-corrected chi connectivity index (χ1v) is 10.9. The molecule has 2 heterocycles. The Morgan fingerprint density at radius 1 is 1.06 bits per heavy atom. The maximum Gasteiger partial charge on any atom is 0.288 e. The highest BCUT2D eigenvalue weighted by Crippen LogP contribution is 2.41. The van der Waals surface area contributed by atoms with Crippen LogP contribution in [-0.4, -0.2) is 56.5 Å². The van der Waals surface area contributed by atoms with Gasteiger partial charge in [0.25, 0.3) is 16.0 Å². The Morgan fingerprint density at radius 3 is 2.42 bits per heavy atom. The first-order chi connectivity index (χ1) is 14.8. The molecule has 9 nitrogen and oxygen atoms in total. The number of rotatable bonds is 5. The van der Waals surface area contributed by atoms with Crippen molar-refractivity contribution in [3.8, 4) is 17.2 Å². The molecule has 0 aromatic heterocycles. The van der Waals surface area contributed by atoms with Gasteiger partial charge in [-0.05, 0) is 35.8 Å². The van der Waals surface area contributed by atoms with Gasteiger partial charge in [0.05, 0.1) is 38.6 Å². The molecule has 2 atom stereocenters. The number of hydrogen-bond donors (Lipinski definition) is 2. The van der Waals surface area contributed by atoms with Crippen LogP contribution in [0, 0.1) is 0 Å². The summed E-state index contributed by atoms with van der Waals surface area (Å²) in [5.41, 5.74) is 1.98. The van der Waals surface area contributed by atoms with Gasteiger partial charge in [-0.2, -0.15) is 8.42 Å². The smallest absolute Gasteiger partial charge is 0.288 e. The number of carbonyl (C=O) groups is 1. The number of methoxy groups -OCH3 is 3. The predicted molar refractivity (Wildman–Crippen MR) is 114 cm³/mol. The van der Waals surface area contributed by atoms with Crippen LogP contribution < -0.4 is 19.5 Å². The Hall–Kier alpha value is -3.24. The molecule has 0 fully saturated rings. The van der Waals surface area contributed by atoms with Gasteiger partial charge in [0.15, 0.2) is 16.9 Å². The second kappa shape index (κ2) is 7.78. The molecule has 31 heavy (non-hydrogen) atoms. The van der Waals surface area contributed by atoms with Crippen molar-refractivity contribution in [3.63, 3.8) is 0 Å². The molecular weight excluding hydrogens is 424 g/mol. The SMILES string of the molecule is COc1cccc(C2=CN3C(=O)c4cc(OC)c(OC)cc4N[C@@H](S(=O)(=O)O)[C@@H]3C2)c1. The average Bonchev–Trinajstić information content (AvgIpc) is 3.16. The van der Waals surface area contributed by atoms with Crippen LogP contribution in [0.1, 0.15) is 22.3 Å². The third-order valence-electron chi connectivity index (χ3n) is 5.48. The largest absolute Gasteiger partial charge is 0.497 e. The molecule has 0 saturated heterocycles. The number of benzene rings is 2. The normalized spacial score (nSPS) is 20.2. The predicted octanol–water partition coefficient (Wildman–Crippen LogP) is 2.61. The number of anilines is 1. The number of ether oxygens (including phenoxy) is 3. The van der Waals surface area contributed by atoms with E-state index < -0.39 is 27.4 Å².